The molecule has 0 radical (unpaired) electrons. The Morgan fingerprint density at radius 2 is 2.10 bits per heavy atom. The summed E-state index contributed by atoms with van der Waals surface area (Å²) in [5.74, 6) is 0. The Morgan fingerprint density at radius 3 is 2.86 bits per heavy atom. The molecule has 2 aromatic rings. The predicted octanol–water partition coefficient (Wildman–Crippen LogP) is 3.01. The molecular formula is C18H23N3. The molecule has 3 nitrogen and oxygen atoms in total. The molecule has 1 aliphatic rings. The molecule has 3 heteroatoms. The van der Waals surface area contributed by atoms with Gasteiger partial charge < -0.3 is 5.32 Å². The molecule has 1 aromatic carbocycles. The molecule has 2 heterocycles. The molecule has 21 heavy (non-hydrogen) atoms. The minimum absolute atomic E-state index is 0.497. The molecule has 0 amide bonds. The number of benzene rings is 1. The molecule has 1 fully saturated rings. The smallest absolute Gasteiger partial charge is 0.0320 e. The van der Waals surface area contributed by atoms with E-state index in [2.05, 4.69) is 58.5 Å². The van der Waals surface area contributed by atoms with E-state index in [4.69, 9.17) is 0 Å². The standard InChI is InChI=1S/C18H23N3/c1-15(17-7-3-2-4-8-17)21-11-9-18(14-21)20-13-16-6-5-10-19-12-16/h2-8,10,12,15,18,20H,9,11,13-14H2,1H3/t15-,18-/m1/s1. The molecule has 1 N–H and O–H groups in total. The molecule has 3 rings (SSSR count). The second kappa shape index (κ2) is 6.83. The van der Waals surface area contributed by atoms with E-state index >= 15 is 0 Å². The lowest BCUT2D eigenvalue weighted by atomic mass is 10.1. The van der Waals surface area contributed by atoms with Gasteiger partial charge in [0.1, 0.15) is 0 Å². The number of pyridine rings is 1. The molecule has 1 saturated heterocycles. The highest BCUT2D eigenvalue weighted by atomic mass is 15.2. The van der Waals surface area contributed by atoms with Crippen molar-refractivity contribution >= 4 is 0 Å². The van der Waals surface area contributed by atoms with Gasteiger partial charge in [-0.05, 0) is 30.5 Å². The molecule has 1 aromatic heterocycles. The van der Waals surface area contributed by atoms with Crippen LogP contribution in [-0.2, 0) is 6.54 Å². The predicted molar refractivity (Wildman–Crippen MR) is 85.9 cm³/mol. The van der Waals surface area contributed by atoms with Crippen LogP contribution in [0.5, 0.6) is 0 Å². The van der Waals surface area contributed by atoms with Crippen LogP contribution >= 0.6 is 0 Å². The van der Waals surface area contributed by atoms with Gasteiger partial charge in [0.05, 0.1) is 0 Å². The van der Waals surface area contributed by atoms with Crippen LogP contribution in [0.15, 0.2) is 54.9 Å². The zero-order valence-corrected chi connectivity index (χ0v) is 12.6. The molecule has 0 unspecified atom stereocenters. The summed E-state index contributed by atoms with van der Waals surface area (Å²) in [4.78, 5) is 6.73. The summed E-state index contributed by atoms with van der Waals surface area (Å²) in [6.07, 6.45) is 4.98. The largest absolute Gasteiger partial charge is 0.309 e. The van der Waals surface area contributed by atoms with Crippen molar-refractivity contribution in [3.05, 3.63) is 66.0 Å². The Hall–Kier alpha value is -1.71. The minimum Gasteiger partial charge on any atom is -0.309 e. The highest BCUT2D eigenvalue weighted by molar-refractivity contribution is 5.18. The first kappa shape index (κ1) is 14.2. The molecule has 110 valence electrons. The Morgan fingerprint density at radius 1 is 1.24 bits per heavy atom. The van der Waals surface area contributed by atoms with Crippen molar-refractivity contribution in [2.75, 3.05) is 13.1 Å². The van der Waals surface area contributed by atoms with Crippen molar-refractivity contribution in [1.82, 2.24) is 15.2 Å². The van der Waals surface area contributed by atoms with E-state index < -0.39 is 0 Å². The van der Waals surface area contributed by atoms with Gasteiger partial charge in [-0.3, -0.25) is 9.88 Å². The summed E-state index contributed by atoms with van der Waals surface area (Å²) < 4.78 is 0. The lowest BCUT2D eigenvalue weighted by Gasteiger charge is -2.24. The van der Waals surface area contributed by atoms with Gasteiger partial charge in [0.2, 0.25) is 0 Å². The zero-order valence-electron chi connectivity index (χ0n) is 12.6. The van der Waals surface area contributed by atoms with Crippen molar-refractivity contribution in [2.45, 2.75) is 32.0 Å². The van der Waals surface area contributed by atoms with E-state index in [1.807, 2.05) is 18.5 Å². The Balaban J connectivity index is 1.51. The van der Waals surface area contributed by atoms with Crippen LogP contribution in [0.2, 0.25) is 0 Å². The summed E-state index contributed by atoms with van der Waals surface area (Å²) >= 11 is 0. The molecule has 0 bridgehead atoms. The molecule has 2 atom stereocenters. The summed E-state index contributed by atoms with van der Waals surface area (Å²) in [6.45, 7) is 5.50. The van der Waals surface area contributed by atoms with E-state index in [-0.39, 0.29) is 0 Å². The van der Waals surface area contributed by atoms with Crippen LogP contribution < -0.4 is 5.32 Å². The van der Waals surface area contributed by atoms with Crippen LogP contribution in [0.4, 0.5) is 0 Å². The lowest BCUT2D eigenvalue weighted by molar-refractivity contribution is 0.255. The number of hydrogen-bond donors (Lipinski definition) is 1. The Bertz CT molecular complexity index is 541. The van der Waals surface area contributed by atoms with Crippen LogP contribution in [0.25, 0.3) is 0 Å². The third kappa shape index (κ3) is 3.69. The highest BCUT2D eigenvalue weighted by Gasteiger charge is 2.26. The average Bonchev–Trinajstić information content (AvgIpc) is 3.03. The van der Waals surface area contributed by atoms with Crippen molar-refractivity contribution < 1.29 is 0 Å². The quantitative estimate of drug-likeness (QED) is 0.913. The maximum absolute atomic E-state index is 4.16. The van der Waals surface area contributed by atoms with E-state index in [1.54, 1.807) is 0 Å². The first-order valence-electron chi connectivity index (χ1n) is 7.74. The van der Waals surface area contributed by atoms with E-state index in [0.29, 0.717) is 12.1 Å². The number of nitrogens with zero attached hydrogens (tertiary/aromatic N) is 2. The summed E-state index contributed by atoms with van der Waals surface area (Å²) in [5, 5.41) is 3.65. The van der Waals surface area contributed by atoms with Gasteiger partial charge >= 0.3 is 0 Å². The fraction of sp³-hybridized carbons (Fsp3) is 0.389. The van der Waals surface area contributed by atoms with Crippen LogP contribution in [0.1, 0.15) is 30.5 Å². The zero-order chi connectivity index (χ0) is 14.5. The minimum atomic E-state index is 0.497. The summed E-state index contributed by atoms with van der Waals surface area (Å²) in [6, 6.07) is 16.0. The second-order valence-corrected chi connectivity index (χ2v) is 5.81. The third-order valence-electron chi connectivity index (χ3n) is 4.37. The van der Waals surface area contributed by atoms with Gasteiger partial charge in [-0.1, -0.05) is 36.4 Å². The normalized spacial score (nSPS) is 20.5. The number of hydrogen-bond acceptors (Lipinski definition) is 3. The fourth-order valence-electron chi connectivity index (χ4n) is 3.01. The van der Waals surface area contributed by atoms with Gasteiger partial charge in [0.25, 0.3) is 0 Å². The molecular weight excluding hydrogens is 258 g/mol. The molecule has 0 aliphatic carbocycles. The van der Waals surface area contributed by atoms with Crippen molar-refractivity contribution in [3.8, 4) is 0 Å². The van der Waals surface area contributed by atoms with Gasteiger partial charge in [-0.25, -0.2) is 0 Å². The Kier molecular flexibility index (Phi) is 4.63. The van der Waals surface area contributed by atoms with Gasteiger partial charge in [-0.2, -0.15) is 0 Å². The SMILES string of the molecule is C[C@H](c1ccccc1)N1CC[C@@H](NCc2cccnc2)C1. The molecule has 0 saturated carbocycles. The molecule has 0 spiro atoms. The van der Waals surface area contributed by atoms with Crippen LogP contribution in [0.3, 0.4) is 0 Å². The lowest BCUT2D eigenvalue weighted by Crippen LogP contribution is -2.33. The topological polar surface area (TPSA) is 28.2 Å². The maximum Gasteiger partial charge on any atom is 0.0320 e. The average molecular weight is 281 g/mol. The number of nitrogens with one attached hydrogen (secondary N) is 1. The number of likely N-dealkylation sites (tertiary alicyclic amines) is 1. The number of rotatable bonds is 5. The van der Waals surface area contributed by atoms with Gasteiger partial charge in [0.15, 0.2) is 0 Å². The first-order chi connectivity index (χ1) is 10.3. The van der Waals surface area contributed by atoms with E-state index in [9.17, 15) is 0 Å². The van der Waals surface area contributed by atoms with E-state index in [1.165, 1.54) is 24.1 Å². The fourth-order valence-corrected chi connectivity index (χ4v) is 3.01. The number of aromatic nitrogens is 1. The van der Waals surface area contributed by atoms with Crippen molar-refractivity contribution in [1.29, 1.82) is 0 Å². The highest BCUT2D eigenvalue weighted by Crippen LogP contribution is 2.24. The summed E-state index contributed by atoms with van der Waals surface area (Å²) in [7, 11) is 0. The maximum atomic E-state index is 4.16. The summed E-state index contributed by atoms with van der Waals surface area (Å²) in [5.41, 5.74) is 2.66. The van der Waals surface area contributed by atoms with Crippen LogP contribution in [-0.4, -0.2) is 29.0 Å². The van der Waals surface area contributed by atoms with Gasteiger partial charge in [0, 0.05) is 44.1 Å². The molecule has 1 aliphatic heterocycles. The van der Waals surface area contributed by atoms with E-state index in [0.717, 1.165) is 13.1 Å². The van der Waals surface area contributed by atoms with Crippen molar-refractivity contribution in [3.63, 3.8) is 0 Å². The monoisotopic (exact) mass is 281 g/mol. The van der Waals surface area contributed by atoms with Crippen molar-refractivity contribution in [2.24, 2.45) is 0 Å². The second-order valence-electron chi connectivity index (χ2n) is 5.81. The van der Waals surface area contributed by atoms with Crippen LogP contribution in [0, 0.1) is 0 Å². The van der Waals surface area contributed by atoms with Gasteiger partial charge in [-0.15, -0.1) is 0 Å². The Labute approximate surface area is 127 Å². The first-order valence-corrected chi connectivity index (χ1v) is 7.74. The third-order valence-corrected chi connectivity index (χ3v) is 4.37.